The lowest BCUT2D eigenvalue weighted by molar-refractivity contribution is 0.0779. The van der Waals surface area contributed by atoms with Crippen LogP contribution in [0.2, 0.25) is 0 Å². The molecule has 2 atom stereocenters. The molecule has 1 fully saturated rings. The van der Waals surface area contributed by atoms with E-state index in [0.717, 1.165) is 57.1 Å². The van der Waals surface area contributed by atoms with Gasteiger partial charge in [0, 0.05) is 38.0 Å². The first-order valence-electron chi connectivity index (χ1n) is 6.49. The molecule has 0 radical (unpaired) electrons. The van der Waals surface area contributed by atoms with E-state index < -0.39 is 0 Å². The van der Waals surface area contributed by atoms with E-state index in [2.05, 4.69) is 10.1 Å². The Morgan fingerprint density at radius 1 is 1.41 bits per heavy atom. The Kier molecular flexibility index (Phi) is 3.11. The monoisotopic (exact) mass is 237 g/mol. The van der Waals surface area contributed by atoms with Gasteiger partial charge in [-0.05, 0) is 19.3 Å². The second-order valence-corrected chi connectivity index (χ2v) is 5.07. The molecule has 0 aromatic carbocycles. The Morgan fingerprint density at radius 2 is 2.35 bits per heavy atom. The summed E-state index contributed by atoms with van der Waals surface area (Å²) >= 11 is 0. The fourth-order valence-corrected chi connectivity index (χ4v) is 2.66. The maximum Gasteiger partial charge on any atom is 0.156 e. The first-order valence-corrected chi connectivity index (χ1v) is 6.49. The van der Waals surface area contributed by atoms with Crippen LogP contribution in [0.25, 0.3) is 0 Å². The minimum atomic E-state index is 0.251. The summed E-state index contributed by atoms with van der Waals surface area (Å²) in [5, 5.41) is 13.8. The SMILES string of the molecule is OCC1CCc2nc(C3CCCOC3)nn2C1. The third kappa shape index (κ3) is 2.21. The van der Waals surface area contributed by atoms with Gasteiger partial charge in [-0.2, -0.15) is 5.10 Å². The van der Waals surface area contributed by atoms with Gasteiger partial charge in [0.2, 0.25) is 0 Å². The quantitative estimate of drug-likeness (QED) is 0.823. The van der Waals surface area contributed by atoms with E-state index in [0.29, 0.717) is 11.8 Å². The lowest BCUT2D eigenvalue weighted by Gasteiger charge is -2.20. The fraction of sp³-hybridized carbons (Fsp3) is 0.833. The fourth-order valence-electron chi connectivity index (χ4n) is 2.66. The number of ether oxygens (including phenoxy) is 1. The molecule has 2 unspecified atom stereocenters. The van der Waals surface area contributed by atoms with E-state index in [9.17, 15) is 5.11 Å². The molecule has 3 rings (SSSR count). The van der Waals surface area contributed by atoms with Crippen LogP contribution >= 0.6 is 0 Å². The molecule has 2 aliphatic rings. The molecule has 17 heavy (non-hydrogen) atoms. The van der Waals surface area contributed by atoms with Crippen LogP contribution in [0.1, 0.15) is 36.8 Å². The lowest BCUT2D eigenvalue weighted by Crippen LogP contribution is -2.23. The van der Waals surface area contributed by atoms with E-state index in [1.807, 2.05) is 4.68 Å². The number of fused-ring (bicyclic) bond motifs is 1. The highest BCUT2D eigenvalue weighted by Gasteiger charge is 2.25. The normalized spacial score (nSPS) is 29.0. The van der Waals surface area contributed by atoms with Crippen molar-refractivity contribution in [2.75, 3.05) is 19.8 Å². The molecule has 0 amide bonds. The molecule has 1 saturated heterocycles. The van der Waals surface area contributed by atoms with Gasteiger partial charge in [0.05, 0.1) is 6.61 Å². The van der Waals surface area contributed by atoms with Crippen LogP contribution in [-0.2, 0) is 17.7 Å². The van der Waals surface area contributed by atoms with E-state index in [1.165, 1.54) is 0 Å². The smallest absolute Gasteiger partial charge is 0.156 e. The Bertz CT molecular complexity index is 385. The number of aromatic nitrogens is 3. The predicted molar refractivity (Wildman–Crippen MR) is 61.7 cm³/mol. The van der Waals surface area contributed by atoms with E-state index in [1.54, 1.807) is 0 Å². The zero-order valence-corrected chi connectivity index (χ0v) is 10.0. The number of hydrogen-bond acceptors (Lipinski definition) is 4. The van der Waals surface area contributed by atoms with Gasteiger partial charge < -0.3 is 9.84 Å². The summed E-state index contributed by atoms with van der Waals surface area (Å²) < 4.78 is 7.46. The number of hydrogen-bond donors (Lipinski definition) is 1. The van der Waals surface area contributed by atoms with Gasteiger partial charge in [0.1, 0.15) is 5.82 Å². The third-order valence-electron chi connectivity index (χ3n) is 3.76. The van der Waals surface area contributed by atoms with Crippen LogP contribution in [0.5, 0.6) is 0 Å². The average molecular weight is 237 g/mol. The summed E-state index contributed by atoms with van der Waals surface area (Å²) in [6.45, 7) is 2.69. The Hall–Kier alpha value is -0.940. The number of aryl methyl sites for hydroxylation is 1. The highest BCUT2D eigenvalue weighted by molar-refractivity contribution is 5.02. The summed E-state index contributed by atoms with van der Waals surface area (Å²) in [7, 11) is 0. The highest BCUT2D eigenvalue weighted by Crippen LogP contribution is 2.25. The van der Waals surface area contributed by atoms with E-state index >= 15 is 0 Å². The van der Waals surface area contributed by atoms with Gasteiger partial charge in [-0.15, -0.1) is 0 Å². The van der Waals surface area contributed by atoms with Crippen molar-refractivity contribution in [2.24, 2.45) is 5.92 Å². The summed E-state index contributed by atoms with van der Waals surface area (Å²) in [5.74, 6) is 2.74. The summed E-state index contributed by atoms with van der Waals surface area (Å²) in [5.41, 5.74) is 0. The molecule has 94 valence electrons. The molecule has 0 spiro atoms. The van der Waals surface area contributed by atoms with Crippen LogP contribution < -0.4 is 0 Å². The average Bonchev–Trinajstić information content (AvgIpc) is 2.82. The largest absolute Gasteiger partial charge is 0.396 e. The molecular formula is C12H19N3O2. The second-order valence-electron chi connectivity index (χ2n) is 5.07. The van der Waals surface area contributed by atoms with Gasteiger partial charge in [0.25, 0.3) is 0 Å². The van der Waals surface area contributed by atoms with Gasteiger partial charge >= 0.3 is 0 Å². The van der Waals surface area contributed by atoms with Crippen molar-refractivity contribution in [3.8, 4) is 0 Å². The summed E-state index contributed by atoms with van der Waals surface area (Å²) in [4.78, 5) is 4.63. The number of rotatable bonds is 2. The zero-order chi connectivity index (χ0) is 11.7. The number of aliphatic hydroxyl groups is 1. The molecule has 5 heteroatoms. The first-order chi connectivity index (χ1) is 8.36. The van der Waals surface area contributed by atoms with Crippen molar-refractivity contribution in [1.82, 2.24) is 14.8 Å². The Morgan fingerprint density at radius 3 is 3.12 bits per heavy atom. The van der Waals surface area contributed by atoms with Crippen molar-refractivity contribution in [2.45, 2.75) is 38.1 Å². The van der Waals surface area contributed by atoms with Gasteiger partial charge in [-0.3, -0.25) is 0 Å². The molecule has 1 aromatic heterocycles. The number of nitrogens with zero attached hydrogens (tertiary/aromatic N) is 3. The maximum atomic E-state index is 9.19. The number of aliphatic hydroxyl groups excluding tert-OH is 1. The molecule has 1 aromatic rings. The molecule has 0 saturated carbocycles. The molecule has 3 heterocycles. The van der Waals surface area contributed by atoms with Gasteiger partial charge in [-0.1, -0.05) is 0 Å². The van der Waals surface area contributed by atoms with Crippen molar-refractivity contribution < 1.29 is 9.84 Å². The minimum Gasteiger partial charge on any atom is -0.396 e. The van der Waals surface area contributed by atoms with E-state index in [-0.39, 0.29) is 6.61 Å². The second kappa shape index (κ2) is 4.74. The minimum absolute atomic E-state index is 0.251. The lowest BCUT2D eigenvalue weighted by atomic mass is 10.0. The van der Waals surface area contributed by atoms with Crippen molar-refractivity contribution in [3.05, 3.63) is 11.6 Å². The highest BCUT2D eigenvalue weighted by atomic mass is 16.5. The maximum absolute atomic E-state index is 9.19. The van der Waals surface area contributed by atoms with Crippen molar-refractivity contribution in [3.63, 3.8) is 0 Å². The van der Waals surface area contributed by atoms with Crippen LogP contribution in [-0.4, -0.2) is 39.7 Å². The Labute approximate surface area is 101 Å². The summed E-state index contributed by atoms with van der Waals surface area (Å²) in [6, 6.07) is 0. The molecule has 1 N–H and O–H groups in total. The summed E-state index contributed by atoms with van der Waals surface area (Å²) in [6.07, 6.45) is 4.20. The van der Waals surface area contributed by atoms with Crippen molar-refractivity contribution in [1.29, 1.82) is 0 Å². The Balaban J connectivity index is 1.77. The first kappa shape index (κ1) is 11.2. The molecule has 0 aliphatic carbocycles. The third-order valence-corrected chi connectivity index (χ3v) is 3.76. The van der Waals surface area contributed by atoms with Crippen LogP contribution in [0.15, 0.2) is 0 Å². The van der Waals surface area contributed by atoms with Crippen LogP contribution in [0, 0.1) is 5.92 Å². The van der Waals surface area contributed by atoms with Gasteiger partial charge in [0.15, 0.2) is 5.82 Å². The van der Waals surface area contributed by atoms with Crippen LogP contribution in [0.4, 0.5) is 0 Å². The van der Waals surface area contributed by atoms with Crippen LogP contribution in [0.3, 0.4) is 0 Å². The zero-order valence-electron chi connectivity index (χ0n) is 10.0. The molecule has 2 aliphatic heterocycles. The van der Waals surface area contributed by atoms with Crippen molar-refractivity contribution >= 4 is 0 Å². The van der Waals surface area contributed by atoms with E-state index in [4.69, 9.17) is 4.74 Å². The predicted octanol–water partition coefficient (Wildman–Crippen LogP) is 0.727. The standard InChI is InChI=1S/C12H19N3O2/c16-7-9-3-4-11-13-12(14-15(11)6-9)10-2-1-5-17-8-10/h9-10,16H,1-8H2. The van der Waals surface area contributed by atoms with Gasteiger partial charge in [-0.25, -0.2) is 9.67 Å². The molecular weight excluding hydrogens is 218 g/mol. The topological polar surface area (TPSA) is 60.2 Å². The molecule has 0 bridgehead atoms. The molecule has 5 nitrogen and oxygen atoms in total.